The molecular formula is C18H13F2N5O2. The molecule has 27 heavy (non-hydrogen) atoms. The highest BCUT2D eigenvalue weighted by Gasteiger charge is 2.25. The van der Waals surface area contributed by atoms with Crippen LogP contribution in [0.4, 0.5) is 37.6 Å². The van der Waals surface area contributed by atoms with Crippen LogP contribution in [0.1, 0.15) is 0 Å². The molecule has 1 aliphatic rings. The van der Waals surface area contributed by atoms with Gasteiger partial charge in [0.25, 0.3) is 0 Å². The Morgan fingerprint density at radius 1 is 1.15 bits per heavy atom. The topological polar surface area (TPSA) is 90.4 Å². The molecule has 4 rings (SSSR count). The molecular weight excluding hydrogens is 356 g/mol. The lowest BCUT2D eigenvalue weighted by Crippen LogP contribution is -2.36. The van der Waals surface area contributed by atoms with Crippen LogP contribution in [0, 0.1) is 11.6 Å². The van der Waals surface area contributed by atoms with Gasteiger partial charge in [-0.05, 0) is 12.1 Å². The number of carbonyl (C=O) groups is 1. The Morgan fingerprint density at radius 3 is 2.56 bits per heavy atom. The second-order valence-corrected chi connectivity index (χ2v) is 5.81. The summed E-state index contributed by atoms with van der Waals surface area (Å²) in [5.41, 5.74) is 1.22. The number of aromatic hydroxyl groups is 1. The van der Waals surface area contributed by atoms with Gasteiger partial charge < -0.3 is 20.6 Å². The zero-order chi connectivity index (χ0) is 19.0. The largest absolute Gasteiger partial charge is 0.503 e. The maximum absolute atomic E-state index is 13.5. The molecule has 0 fully saturated rings. The van der Waals surface area contributed by atoms with E-state index in [1.807, 2.05) is 30.3 Å². The molecule has 1 amide bonds. The molecule has 136 valence electrons. The number of fused-ring (bicyclic) bond motifs is 1. The number of nitrogens with zero attached hydrogens (tertiary/aromatic N) is 3. The van der Waals surface area contributed by atoms with Crippen LogP contribution in [0.5, 0.6) is 5.75 Å². The van der Waals surface area contributed by atoms with Crippen LogP contribution in [0.15, 0.2) is 48.7 Å². The fraction of sp³-hybridized carbons (Fsp3) is 0.0556. The highest BCUT2D eigenvalue weighted by Crippen LogP contribution is 2.34. The van der Waals surface area contributed by atoms with E-state index in [0.29, 0.717) is 11.5 Å². The van der Waals surface area contributed by atoms with Gasteiger partial charge in [-0.2, -0.15) is 4.98 Å². The normalized spacial score (nSPS) is 13.1. The first-order valence-electron chi connectivity index (χ1n) is 7.96. The Morgan fingerprint density at radius 2 is 1.85 bits per heavy atom. The van der Waals surface area contributed by atoms with E-state index in [1.54, 1.807) is 4.90 Å². The summed E-state index contributed by atoms with van der Waals surface area (Å²) in [5.74, 6) is -2.95. The van der Waals surface area contributed by atoms with Crippen LogP contribution in [0.3, 0.4) is 0 Å². The third-order valence-electron chi connectivity index (χ3n) is 3.94. The molecule has 0 bridgehead atoms. The first-order valence-corrected chi connectivity index (χ1v) is 7.96. The van der Waals surface area contributed by atoms with Gasteiger partial charge in [0.1, 0.15) is 12.2 Å². The first kappa shape index (κ1) is 16.7. The maximum Gasteiger partial charge on any atom is 0.244 e. The van der Waals surface area contributed by atoms with E-state index >= 15 is 0 Å². The van der Waals surface area contributed by atoms with Crippen LogP contribution in [-0.4, -0.2) is 27.5 Å². The number of anilines is 5. The summed E-state index contributed by atoms with van der Waals surface area (Å²) in [7, 11) is 0. The van der Waals surface area contributed by atoms with Gasteiger partial charge in [-0.1, -0.05) is 18.2 Å². The fourth-order valence-electron chi connectivity index (χ4n) is 2.72. The minimum atomic E-state index is -1.10. The third-order valence-corrected chi connectivity index (χ3v) is 3.94. The van der Waals surface area contributed by atoms with Crippen molar-refractivity contribution in [2.45, 2.75) is 0 Å². The summed E-state index contributed by atoms with van der Waals surface area (Å²) in [6.07, 6.45) is 1.41. The van der Waals surface area contributed by atoms with E-state index in [4.69, 9.17) is 0 Å². The molecule has 0 radical (unpaired) electrons. The molecule has 0 aliphatic carbocycles. The van der Waals surface area contributed by atoms with E-state index < -0.39 is 17.4 Å². The van der Waals surface area contributed by atoms with Crippen molar-refractivity contribution < 1.29 is 18.7 Å². The zero-order valence-electron chi connectivity index (χ0n) is 13.8. The summed E-state index contributed by atoms with van der Waals surface area (Å²) in [6, 6.07) is 11.1. The molecule has 1 aliphatic heterocycles. The van der Waals surface area contributed by atoms with Crippen molar-refractivity contribution in [1.29, 1.82) is 0 Å². The quantitative estimate of drug-likeness (QED) is 0.614. The zero-order valence-corrected chi connectivity index (χ0v) is 13.8. The van der Waals surface area contributed by atoms with Crippen molar-refractivity contribution in [2.24, 2.45) is 0 Å². The van der Waals surface area contributed by atoms with E-state index in [-0.39, 0.29) is 24.1 Å². The molecule has 0 saturated heterocycles. The SMILES string of the molecule is O=C1CN(c2ccccc2)c2nc(Nc3cc(F)c(O)c(F)c3)ncc2N1. The number of nitrogens with one attached hydrogen (secondary N) is 2. The fourth-order valence-corrected chi connectivity index (χ4v) is 2.72. The van der Waals surface area contributed by atoms with Crippen molar-refractivity contribution >= 4 is 34.7 Å². The van der Waals surface area contributed by atoms with Crippen LogP contribution in [-0.2, 0) is 4.79 Å². The first-order chi connectivity index (χ1) is 13.0. The van der Waals surface area contributed by atoms with Crippen molar-refractivity contribution in [3.05, 3.63) is 60.3 Å². The van der Waals surface area contributed by atoms with Crippen molar-refractivity contribution in [2.75, 3.05) is 22.1 Å². The van der Waals surface area contributed by atoms with Gasteiger partial charge in [0.15, 0.2) is 23.2 Å². The number of phenols is 1. The number of para-hydroxylation sites is 1. The lowest BCUT2D eigenvalue weighted by Gasteiger charge is -2.29. The monoisotopic (exact) mass is 369 g/mol. The second-order valence-electron chi connectivity index (χ2n) is 5.81. The van der Waals surface area contributed by atoms with Crippen molar-refractivity contribution in [1.82, 2.24) is 9.97 Å². The number of hydrogen-bond donors (Lipinski definition) is 3. The van der Waals surface area contributed by atoms with Gasteiger partial charge in [-0.25, -0.2) is 13.8 Å². The van der Waals surface area contributed by atoms with Gasteiger partial charge >= 0.3 is 0 Å². The summed E-state index contributed by atoms with van der Waals surface area (Å²) in [6.45, 7) is 0.0654. The summed E-state index contributed by atoms with van der Waals surface area (Å²) in [5, 5.41) is 14.6. The molecule has 0 atom stereocenters. The molecule has 9 heteroatoms. The number of rotatable bonds is 3. The van der Waals surface area contributed by atoms with Gasteiger partial charge in [0.2, 0.25) is 11.9 Å². The Balaban J connectivity index is 1.71. The lowest BCUT2D eigenvalue weighted by atomic mass is 10.2. The second kappa shape index (κ2) is 6.52. The van der Waals surface area contributed by atoms with Crippen LogP contribution >= 0.6 is 0 Å². The molecule has 1 aromatic heterocycles. The van der Waals surface area contributed by atoms with E-state index in [0.717, 1.165) is 17.8 Å². The van der Waals surface area contributed by atoms with Gasteiger partial charge in [0.05, 0.1) is 6.20 Å². The number of amides is 1. The Hall–Kier alpha value is -3.75. The van der Waals surface area contributed by atoms with Crippen LogP contribution in [0.2, 0.25) is 0 Å². The molecule has 2 heterocycles. The standard InChI is InChI=1S/C18H13F2N5O2/c19-12-6-10(7-13(20)16(12)27)22-18-21-8-14-17(24-18)25(9-15(26)23-14)11-4-2-1-3-5-11/h1-8,27H,9H2,(H,23,26)(H,21,22,24). The molecule has 0 spiro atoms. The molecule has 0 saturated carbocycles. The number of carbonyl (C=O) groups excluding carboxylic acids is 1. The van der Waals surface area contributed by atoms with E-state index in [2.05, 4.69) is 20.6 Å². The number of aromatic nitrogens is 2. The Bertz CT molecular complexity index is 1010. The van der Waals surface area contributed by atoms with Gasteiger partial charge in [-0.3, -0.25) is 4.79 Å². The highest BCUT2D eigenvalue weighted by molar-refractivity contribution is 6.02. The smallest absolute Gasteiger partial charge is 0.244 e. The van der Waals surface area contributed by atoms with Crippen molar-refractivity contribution in [3.8, 4) is 5.75 Å². The van der Waals surface area contributed by atoms with Crippen LogP contribution < -0.4 is 15.5 Å². The number of halogens is 2. The molecule has 7 nitrogen and oxygen atoms in total. The predicted molar refractivity (Wildman–Crippen MR) is 95.4 cm³/mol. The van der Waals surface area contributed by atoms with E-state index in [9.17, 15) is 18.7 Å². The molecule has 2 aromatic carbocycles. The van der Waals surface area contributed by atoms with Crippen LogP contribution in [0.25, 0.3) is 0 Å². The number of hydrogen-bond acceptors (Lipinski definition) is 6. The van der Waals surface area contributed by atoms with Gasteiger partial charge in [0, 0.05) is 23.5 Å². The molecule has 3 N–H and O–H groups in total. The summed E-state index contributed by atoms with van der Waals surface area (Å²) in [4.78, 5) is 22.1. The predicted octanol–water partition coefficient (Wildman–Crippen LogP) is 3.29. The lowest BCUT2D eigenvalue weighted by molar-refractivity contribution is -0.115. The summed E-state index contributed by atoms with van der Waals surface area (Å²) < 4.78 is 27.0. The Labute approximate surface area is 152 Å². The summed E-state index contributed by atoms with van der Waals surface area (Å²) >= 11 is 0. The minimum absolute atomic E-state index is 0.0360. The number of phenolic OH excluding ortho intramolecular Hbond substituents is 1. The van der Waals surface area contributed by atoms with Gasteiger partial charge in [-0.15, -0.1) is 0 Å². The molecule has 0 unspecified atom stereocenters. The average Bonchev–Trinajstić information content (AvgIpc) is 2.66. The minimum Gasteiger partial charge on any atom is -0.503 e. The number of benzene rings is 2. The average molecular weight is 369 g/mol. The highest BCUT2D eigenvalue weighted by atomic mass is 19.1. The van der Waals surface area contributed by atoms with Crippen molar-refractivity contribution in [3.63, 3.8) is 0 Å². The Kier molecular flexibility index (Phi) is 4.03. The maximum atomic E-state index is 13.5. The van der Waals surface area contributed by atoms with E-state index in [1.165, 1.54) is 6.20 Å². The molecule has 3 aromatic rings. The third kappa shape index (κ3) is 3.22.